The van der Waals surface area contributed by atoms with Crippen molar-refractivity contribution >= 4 is 11.7 Å². The maximum absolute atomic E-state index is 12.0. The first-order valence-electron chi connectivity index (χ1n) is 8.57. The molecule has 25 heavy (non-hydrogen) atoms. The zero-order chi connectivity index (χ0) is 18.1. The van der Waals surface area contributed by atoms with Crippen LogP contribution in [0.4, 0.5) is 10.5 Å². The number of ether oxygens (including phenoxy) is 1. The molecular formula is C20H26N2O3. The van der Waals surface area contributed by atoms with Crippen LogP contribution in [-0.2, 0) is 5.60 Å². The Balaban J connectivity index is 1.82. The zero-order valence-corrected chi connectivity index (χ0v) is 14.8. The van der Waals surface area contributed by atoms with Gasteiger partial charge in [0.1, 0.15) is 11.4 Å². The number of hydrogen-bond donors (Lipinski definition) is 3. The number of aliphatic hydroxyl groups is 1. The van der Waals surface area contributed by atoms with Gasteiger partial charge < -0.3 is 20.5 Å². The molecule has 0 bridgehead atoms. The number of hydrogen-bond acceptors (Lipinski definition) is 3. The summed E-state index contributed by atoms with van der Waals surface area (Å²) in [7, 11) is 0. The maximum Gasteiger partial charge on any atom is 0.319 e. The second kappa shape index (κ2) is 9.08. The first kappa shape index (κ1) is 18.8. The molecule has 2 aromatic carbocycles. The Morgan fingerprint density at radius 1 is 1.12 bits per heavy atom. The van der Waals surface area contributed by atoms with Crippen LogP contribution in [0.2, 0.25) is 0 Å². The Morgan fingerprint density at radius 3 is 2.44 bits per heavy atom. The van der Waals surface area contributed by atoms with Gasteiger partial charge in [-0.25, -0.2) is 4.79 Å². The molecule has 0 saturated heterocycles. The average Bonchev–Trinajstić information content (AvgIpc) is 2.63. The predicted molar refractivity (Wildman–Crippen MR) is 99.9 cm³/mol. The van der Waals surface area contributed by atoms with Gasteiger partial charge in [-0.2, -0.15) is 0 Å². The number of nitrogens with one attached hydrogen (secondary N) is 2. The van der Waals surface area contributed by atoms with Crippen molar-refractivity contribution in [3.8, 4) is 5.75 Å². The molecule has 0 radical (unpaired) electrons. The molecule has 1 atom stereocenters. The molecule has 1 unspecified atom stereocenters. The molecule has 0 aliphatic heterocycles. The Bertz CT molecular complexity index is 654. The molecular weight excluding hydrogens is 316 g/mol. The highest BCUT2D eigenvalue weighted by Crippen LogP contribution is 2.19. The third-order valence-corrected chi connectivity index (χ3v) is 3.87. The molecule has 0 aliphatic rings. The van der Waals surface area contributed by atoms with Crippen LogP contribution in [0, 0.1) is 0 Å². The first-order valence-corrected chi connectivity index (χ1v) is 8.57. The van der Waals surface area contributed by atoms with Crippen LogP contribution in [0.25, 0.3) is 0 Å². The van der Waals surface area contributed by atoms with E-state index in [1.54, 1.807) is 19.1 Å². The molecule has 134 valence electrons. The molecule has 0 saturated carbocycles. The SMILES string of the molecule is CCCCOc1ccc(NC(=O)NCC(C)(O)c2ccccc2)cc1. The molecule has 0 spiro atoms. The lowest BCUT2D eigenvalue weighted by Gasteiger charge is -2.24. The van der Waals surface area contributed by atoms with E-state index < -0.39 is 5.60 Å². The minimum Gasteiger partial charge on any atom is -0.494 e. The van der Waals surface area contributed by atoms with Crippen molar-refractivity contribution in [2.24, 2.45) is 0 Å². The number of anilines is 1. The standard InChI is InChI=1S/C20H26N2O3/c1-3-4-14-25-18-12-10-17(11-13-18)22-19(23)21-15-20(2,24)16-8-6-5-7-9-16/h5-13,24H,3-4,14-15H2,1-2H3,(H2,21,22,23). The van der Waals surface area contributed by atoms with Gasteiger partial charge in [-0.1, -0.05) is 43.7 Å². The monoisotopic (exact) mass is 342 g/mol. The highest BCUT2D eigenvalue weighted by atomic mass is 16.5. The quantitative estimate of drug-likeness (QED) is 0.637. The van der Waals surface area contributed by atoms with Crippen molar-refractivity contribution in [2.45, 2.75) is 32.3 Å². The van der Waals surface area contributed by atoms with Gasteiger partial charge in [-0.15, -0.1) is 0 Å². The highest BCUT2D eigenvalue weighted by molar-refractivity contribution is 5.89. The molecule has 0 heterocycles. The number of carbonyl (C=O) groups is 1. The minimum atomic E-state index is -1.13. The van der Waals surface area contributed by atoms with Crippen molar-refractivity contribution in [3.05, 3.63) is 60.2 Å². The average molecular weight is 342 g/mol. The molecule has 0 fully saturated rings. The normalized spacial score (nSPS) is 12.9. The maximum atomic E-state index is 12.0. The van der Waals surface area contributed by atoms with Crippen LogP contribution in [0.3, 0.4) is 0 Å². The van der Waals surface area contributed by atoms with E-state index in [0.717, 1.165) is 24.2 Å². The lowest BCUT2D eigenvalue weighted by atomic mass is 9.96. The molecule has 0 aromatic heterocycles. The molecule has 2 amide bonds. The predicted octanol–water partition coefficient (Wildman–Crippen LogP) is 3.89. The fourth-order valence-corrected chi connectivity index (χ4v) is 2.30. The number of amides is 2. The Morgan fingerprint density at radius 2 is 1.80 bits per heavy atom. The summed E-state index contributed by atoms with van der Waals surface area (Å²) in [6.45, 7) is 4.59. The fourth-order valence-electron chi connectivity index (χ4n) is 2.30. The lowest BCUT2D eigenvalue weighted by molar-refractivity contribution is 0.0599. The summed E-state index contributed by atoms with van der Waals surface area (Å²) in [6.07, 6.45) is 2.11. The lowest BCUT2D eigenvalue weighted by Crippen LogP contribution is -2.40. The van der Waals surface area contributed by atoms with Crippen LogP contribution >= 0.6 is 0 Å². The van der Waals surface area contributed by atoms with Crippen molar-refractivity contribution in [1.29, 1.82) is 0 Å². The molecule has 0 aliphatic carbocycles. The second-order valence-corrected chi connectivity index (χ2v) is 6.17. The molecule has 2 aromatic rings. The summed E-state index contributed by atoms with van der Waals surface area (Å²) >= 11 is 0. The van der Waals surface area contributed by atoms with Crippen LogP contribution in [0.1, 0.15) is 32.3 Å². The number of rotatable bonds is 8. The van der Waals surface area contributed by atoms with Gasteiger partial charge >= 0.3 is 6.03 Å². The van der Waals surface area contributed by atoms with E-state index in [0.29, 0.717) is 12.3 Å². The van der Waals surface area contributed by atoms with Gasteiger partial charge in [0.15, 0.2) is 0 Å². The van der Waals surface area contributed by atoms with E-state index in [1.165, 1.54) is 0 Å². The van der Waals surface area contributed by atoms with E-state index >= 15 is 0 Å². The topological polar surface area (TPSA) is 70.6 Å². The number of urea groups is 1. The summed E-state index contributed by atoms with van der Waals surface area (Å²) in [5, 5.41) is 15.9. The zero-order valence-electron chi connectivity index (χ0n) is 14.8. The molecule has 3 N–H and O–H groups in total. The molecule has 5 heteroatoms. The highest BCUT2D eigenvalue weighted by Gasteiger charge is 2.23. The van der Waals surface area contributed by atoms with Gasteiger partial charge in [0.05, 0.1) is 13.2 Å². The van der Waals surface area contributed by atoms with E-state index in [4.69, 9.17) is 4.74 Å². The second-order valence-electron chi connectivity index (χ2n) is 6.17. The van der Waals surface area contributed by atoms with Gasteiger partial charge in [0.2, 0.25) is 0 Å². The van der Waals surface area contributed by atoms with Gasteiger partial charge in [0.25, 0.3) is 0 Å². The summed E-state index contributed by atoms with van der Waals surface area (Å²) in [6, 6.07) is 16.1. The van der Waals surface area contributed by atoms with E-state index in [-0.39, 0.29) is 12.6 Å². The number of benzene rings is 2. The third kappa shape index (κ3) is 6.12. The van der Waals surface area contributed by atoms with Crippen molar-refractivity contribution < 1.29 is 14.6 Å². The smallest absolute Gasteiger partial charge is 0.319 e. The molecule has 2 rings (SSSR count). The van der Waals surface area contributed by atoms with Crippen LogP contribution in [0.15, 0.2) is 54.6 Å². The van der Waals surface area contributed by atoms with E-state index in [9.17, 15) is 9.90 Å². The summed E-state index contributed by atoms with van der Waals surface area (Å²) in [4.78, 5) is 12.0. The Labute approximate surface area is 149 Å². The summed E-state index contributed by atoms with van der Waals surface area (Å²) in [5.74, 6) is 0.784. The van der Waals surface area contributed by atoms with E-state index in [1.807, 2.05) is 42.5 Å². The minimum absolute atomic E-state index is 0.112. The third-order valence-electron chi connectivity index (χ3n) is 3.87. The largest absolute Gasteiger partial charge is 0.494 e. The van der Waals surface area contributed by atoms with Crippen LogP contribution < -0.4 is 15.4 Å². The van der Waals surface area contributed by atoms with Crippen molar-refractivity contribution in [1.82, 2.24) is 5.32 Å². The van der Waals surface area contributed by atoms with Crippen molar-refractivity contribution in [2.75, 3.05) is 18.5 Å². The Hall–Kier alpha value is -2.53. The summed E-state index contributed by atoms with van der Waals surface area (Å²) in [5.41, 5.74) is 0.291. The number of unbranched alkanes of at least 4 members (excludes halogenated alkanes) is 1. The van der Waals surface area contributed by atoms with E-state index in [2.05, 4.69) is 17.6 Å². The Kier molecular flexibility index (Phi) is 6.83. The first-order chi connectivity index (χ1) is 12.0. The van der Waals surface area contributed by atoms with Crippen molar-refractivity contribution in [3.63, 3.8) is 0 Å². The van der Waals surface area contributed by atoms with Gasteiger partial charge in [0, 0.05) is 5.69 Å². The van der Waals surface area contributed by atoms with Crippen LogP contribution in [-0.4, -0.2) is 24.3 Å². The molecule has 5 nitrogen and oxygen atoms in total. The number of carbonyl (C=O) groups excluding carboxylic acids is 1. The van der Waals surface area contributed by atoms with Gasteiger partial charge in [-0.05, 0) is 43.2 Å². The van der Waals surface area contributed by atoms with Gasteiger partial charge in [-0.3, -0.25) is 0 Å². The fraction of sp³-hybridized carbons (Fsp3) is 0.350. The van der Waals surface area contributed by atoms with Crippen LogP contribution in [0.5, 0.6) is 5.75 Å². The summed E-state index contributed by atoms with van der Waals surface area (Å²) < 4.78 is 5.59.